The Hall–Kier alpha value is -1.06. The number of hydrogen-bond donors (Lipinski definition) is 2. The molecule has 0 radical (unpaired) electrons. The molecular weight excluding hydrogens is 236 g/mol. The van der Waals surface area contributed by atoms with Gasteiger partial charge in [0.05, 0.1) is 0 Å². The van der Waals surface area contributed by atoms with E-state index in [9.17, 15) is 0 Å². The minimum absolute atomic E-state index is 0.279. The topological polar surface area (TPSA) is 35.5 Å². The molecular formula is C16H28N2O. The lowest BCUT2D eigenvalue weighted by molar-refractivity contribution is 0.260. The summed E-state index contributed by atoms with van der Waals surface area (Å²) >= 11 is 0. The number of nitrogens with one attached hydrogen (secondary N) is 1. The normalized spacial score (nSPS) is 12.4. The molecule has 1 atom stereocenters. The Kier molecular flexibility index (Phi) is 7.53. The number of hydrogen-bond acceptors (Lipinski definition) is 3. The van der Waals surface area contributed by atoms with Crippen LogP contribution in [0.15, 0.2) is 24.3 Å². The second-order valence-corrected chi connectivity index (χ2v) is 5.09. The summed E-state index contributed by atoms with van der Waals surface area (Å²) in [5.41, 5.74) is 2.61. The van der Waals surface area contributed by atoms with Gasteiger partial charge in [-0.3, -0.25) is 0 Å². The Labute approximate surface area is 117 Å². The summed E-state index contributed by atoms with van der Waals surface area (Å²) in [5.74, 6) is 0.528. The second kappa shape index (κ2) is 8.94. The van der Waals surface area contributed by atoms with Gasteiger partial charge in [0, 0.05) is 31.9 Å². The van der Waals surface area contributed by atoms with Crippen LogP contribution in [0, 0.1) is 5.92 Å². The van der Waals surface area contributed by atoms with Crippen molar-refractivity contribution in [3.63, 3.8) is 0 Å². The molecule has 2 N–H and O–H groups in total. The van der Waals surface area contributed by atoms with E-state index in [1.54, 1.807) is 0 Å². The minimum Gasteiger partial charge on any atom is -0.396 e. The van der Waals surface area contributed by atoms with Crippen molar-refractivity contribution < 1.29 is 5.11 Å². The van der Waals surface area contributed by atoms with Crippen molar-refractivity contribution in [2.24, 2.45) is 5.92 Å². The Morgan fingerprint density at radius 2 is 1.79 bits per heavy atom. The summed E-state index contributed by atoms with van der Waals surface area (Å²) in [4.78, 5) is 2.35. The van der Waals surface area contributed by atoms with Gasteiger partial charge in [-0.15, -0.1) is 0 Å². The largest absolute Gasteiger partial charge is 0.396 e. The molecule has 3 heteroatoms. The van der Waals surface area contributed by atoms with E-state index in [0.29, 0.717) is 5.92 Å². The highest BCUT2D eigenvalue weighted by Crippen LogP contribution is 2.14. The first-order chi connectivity index (χ1) is 9.21. The molecule has 0 aliphatic carbocycles. The fraction of sp³-hybridized carbons (Fsp3) is 0.625. The number of aliphatic hydroxyl groups excluding tert-OH is 1. The number of rotatable bonds is 9. The van der Waals surface area contributed by atoms with Gasteiger partial charge in [0.1, 0.15) is 0 Å². The van der Waals surface area contributed by atoms with E-state index in [4.69, 9.17) is 5.11 Å². The molecule has 0 spiro atoms. The molecule has 0 fully saturated rings. The van der Waals surface area contributed by atoms with E-state index < -0.39 is 0 Å². The molecule has 19 heavy (non-hydrogen) atoms. The molecule has 0 aliphatic rings. The molecule has 1 aromatic carbocycles. The first kappa shape index (κ1) is 16.0. The molecule has 0 bridgehead atoms. The summed E-state index contributed by atoms with van der Waals surface area (Å²) in [6.07, 6.45) is 0.869. The van der Waals surface area contributed by atoms with Gasteiger partial charge in [0.25, 0.3) is 0 Å². The standard InChI is InChI=1S/C16H28N2O/c1-4-18(5-2)16-8-6-15(7-9-16)13-17-12-14(3)10-11-19/h6-9,14,17,19H,4-5,10-13H2,1-3H3. The minimum atomic E-state index is 0.279. The van der Waals surface area contributed by atoms with Crippen molar-refractivity contribution in [3.8, 4) is 0 Å². The van der Waals surface area contributed by atoms with Crippen molar-refractivity contribution in [3.05, 3.63) is 29.8 Å². The number of aliphatic hydroxyl groups is 1. The van der Waals surface area contributed by atoms with Crippen LogP contribution >= 0.6 is 0 Å². The molecule has 1 aromatic rings. The maximum absolute atomic E-state index is 8.85. The van der Waals surface area contributed by atoms with Crippen molar-refractivity contribution in [2.45, 2.75) is 33.7 Å². The van der Waals surface area contributed by atoms with Crippen LogP contribution in [0.4, 0.5) is 5.69 Å². The Bertz CT molecular complexity index is 333. The molecule has 3 nitrogen and oxygen atoms in total. The number of anilines is 1. The Morgan fingerprint density at radius 1 is 1.16 bits per heavy atom. The lowest BCUT2D eigenvalue weighted by atomic mass is 10.1. The highest BCUT2D eigenvalue weighted by atomic mass is 16.3. The fourth-order valence-electron chi connectivity index (χ4n) is 2.20. The second-order valence-electron chi connectivity index (χ2n) is 5.09. The zero-order valence-electron chi connectivity index (χ0n) is 12.5. The van der Waals surface area contributed by atoms with Gasteiger partial charge in [-0.2, -0.15) is 0 Å². The van der Waals surface area contributed by atoms with Crippen LogP contribution in [0.1, 0.15) is 32.8 Å². The van der Waals surface area contributed by atoms with Crippen molar-refractivity contribution in [1.82, 2.24) is 5.32 Å². The van der Waals surface area contributed by atoms with Crippen LogP contribution in [-0.2, 0) is 6.54 Å². The monoisotopic (exact) mass is 264 g/mol. The van der Waals surface area contributed by atoms with Gasteiger partial charge in [-0.1, -0.05) is 19.1 Å². The summed E-state index contributed by atoms with van der Waals surface area (Å²) in [6.45, 7) is 10.8. The Morgan fingerprint density at radius 3 is 2.32 bits per heavy atom. The molecule has 0 aliphatic heterocycles. The average Bonchev–Trinajstić information content (AvgIpc) is 2.42. The van der Waals surface area contributed by atoms with Crippen LogP contribution in [-0.4, -0.2) is 31.3 Å². The van der Waals surface area contributed by atoms with Crippen LogP contribution in [0.5, 0.6) is 0 Å². The zero-order chi connectivity index (χ0) is 14.1. The van der Waals surface area contributed by atoms with E-state index in [0.717, 1.165) is 32.6 Å². The van der Waals surface area contributed by atoms with E-state index >= 15 is 0 Å². The van der Waals surface area contributed by atoms with Crippen molar-refractivity contribution >= 4 is 5.69 Å². The SMILES string of the molecule is CCN(CC)c1ccc(CNCC(C)CCO)cc1. The molecule has 1 unspecified atom stereocenters. The first-order valence-corrected chi connectivity index (χ1v) is 7.36. The predicted molar refractivity (Wildman–Crippen MR) is 82.6 cm³/mol. The van der Waals surface area contributed by atoms with Gasteiger partial charge in [0.15, 0.2) is 0 Å². The summed E-state index contributed by atoms with van der Waals surface area (Å²) in [6, 6.07) is 8.77. The van der Waals surface area contributed by atoms with Crippen LogP contribution in [0.3, 0.4) is 0 Å². The third-order valence-electron chi connectivity index (χ3n) is 3.51. The van der Waals surface area contributed by atoms with Gasteiger partial charge in [-0.05, 0) is 50.4 Å². The van der Waals surface area contributed by atoms with Gasteiger partial charge < -0.3 is 15.3 Å². The molecule has 108 valence electrons. The summed E-state index contributed by atoms with van der Waals surface area (Å²) in [7, 11) is 0. The van der Waals surface area contributed by atoms with Crippen molar-refractivity contribution in [1.29, 1.82) is 0 Å². The maximum Gasteiger partial charge on any atom is 0.0434 e. The van der Waals surface area contributed by atoms with Gasteiger partial charge in [-0.25, -0.2) is 0 Å². The zero-order valence-corrected chi connectivity index (χ0v) is 12.5. The first-order valence-electron chi connectivity index (χ1n) is 7.36. The van der Waals surface area contributed by atoms with E-state index in [1.165, 1.54) is 11.3 Å². The van der Waals surface area contributed by atoms with E-state index in [-0.39, 0.29) is 6.61 Å². The third kappa shape index (κ3) is 5.62. The van der Waals surface area contributed by atoms with E-state index in [1.807, 2.05) is 0 Å². The number of benzene rings is 1. The van der Waals surface area contributed by atoms with Gasteiger partial charge >= 0.3 is 0 Å². The maximum atomic E-state index is 8.85. The lowest BCUT2D eigenvalue weighted by Gasteiger charge is -2.21. The highest BCUT2D eigenvalue weighted by molar-refractivity contribution is 5.47. The number of nitrogens with zero attached hydrogens (tertiary/aromatic N) is 1. The quantitative estimate of drug-likeness (QED) is 0.720. The molecule has 1 rings (SSSR count). The van der Waals surface area contributed by atoms with Crippen molar-refractivity contribution in [2.75, 3.05) is 31.1 Å². The summed E-state index contributed by atoms with van der Waals surface area (Å²) < 4.78 is 0. The smallest absolute Gasteiger partial charge is 0.0434 e. The van der Waals surface area contributed by atoms with Gasteiger partial charge in [0.2, 0.25) is 0 Å². The fourth-order valence-corrected chi connectivity index (χ4v) is 2.20. The summed E-state index contributed by atoms with van der Waals surface area (Å²) in [5, 5.41) is 12.3. The highest BCUT2D eigenvalue weighted by Gasteiger charge is 2.02. The molecule has 0 saturated carbocycles. The molecule has 0 saturated heterocycles. The van der Waals surface area contributed by atoms with E-state index in [2.05, 4.69) is 55.3 Å². The van der Waals surface area contributed by atoms with Crippen LogP contribution in [0.25, 0.3) is 0 Å². The van der Waals surface area contributed by atoms with Crippen LogP contribution in [0.2, 0.25) is 0 Å². The van der Waals surface area contributed by atoms with Crippen LogP contribution < -0.4 is 10.2 Å². The lowest BCUT2D eigenvalue weighted by Crippen LogP contribution is -2.22. The average molecular weight is 264 g/mol. The predicted octanol–water partition coefficient (Wildman–Crippen LogP) is 2.64. The molecule has 0 aromatic heterocycles. The molecule has 0 amide bonds. The third-order valence-corrected chi connectivity index (χ3v) is 3.51. The Balaban J connectivity index is 2.40. The molecule has 0 heterocycles.